The molecule has 0 unspecified atom stereocenters. The zero-order valence-electron chi connectivity index (χ0n) is 25.6. The molecule has 3 heteroatoms. The second kappa shape index (κ2) is 11.5. The van der Waals surface area contributed by atoms with E-state index in [4.69, 9.17) is 0 Å². The topological polar surface area (TPSA) is 15.3 Å². The quantitative estimate of drug-likeness (QED) is 0.187. The van der Waals surface area contributed by atoms with Gasteiger partial charge in [0.15, 0.2) is 0 Å². The van der Waals surface area contributed by atoms with Crippen molar-refractivity contribution in [2.75, 3.05) is 10.2 Å². The van der Waals surface area contributed by atoms with Crippen molar-refractivity contribution in [1.29, 1.82) is 0 Å². The Kier molecular flexibility index (Phi) is 6.69. The molecular weight excluding hydrogens is 589 g/mol. The fourth-order valence-electron chi connectivity index (χ4n) is 6.80. The monoisotopic (exact) mass is 618 g/mol. The molecule has 0 bridgehead atoms. The smallest absolute Gasteiger partial charge is 0.0462 e. The van der Waals surface area contributed by atoms with Gasteiger partial charge >= 0.3 is 0 Å². The van der Waals surface area contributed by atoms with Gasteiger partial charge in [-0.2, -0.15) is 0 Å². The largest absolute Gasteiger partial charge is 0.355 e. The number of nitrogens with one attached hydrogen (secondary N) is 1. The first-order valence-electron chi connectivity index (χ1n) is 15.9. The van der Waals surface area contributed by atoms with Crippen LogP contribution in [0.4, 0.5) is 28.4 Å². The van der Waals surface area contributed by atoms with E-state index in [0.29, 0.717) is 0 Å². The number of para-hydroxylation sites is 2. The predicted molar refractivity (Wildman–Crippen MR) is 204 cm³/mol. The van der Waals surface area contributed by atoms with Crippen LogP contribution < -0.4 is 10.2 Å². The fourth-order valence-corrected chi connectivity index (χ4v) is 8.10. The Morgan fingerprint density at radius 1 is 0.383 bits per heavy atom. The normalized spacial score (nSPS) is 11.4. The highest BCUT2D eigenvalue weighted by Crippen LogP contribution is 2.44. The molecule has 0 fully saturated rings. The lowest BCUT2D eigenvalue weighted by atomic mass is 9.97. The Labute approximate surface area is 277 Å². The molecule has 0 aliphatic carbocycles. The van der Waals surface area contributed by atoms with Crippen molar-refractivity contribution in [2.45, 2.75) is 0 Å². The molecule has 9 aromatic rings. The maximum Gasteiger partial charge on any atom is 0.0462 e. The highest BCUT2D eigenvalue weighted by Gasteiger charge is 2.15. The molecular formula is C44H30N2S. The number of fused-ring (bicyclic) bond motifs is 8. The Morgan fingerprint density at radius 2 is 0.872 bits per heavy atom. The SMILES string of the molecule is c1ccc(N(c2ccccc2)c2ccc(-c3ccc(Nc4ccc5c(c4)sc4c6ccccc6c6ccccc6c54)cc3)cc2)cc1. The lowest BCUT2D eigenvalue weighted by Crippen LogP contribution is -2.09. The molecule has 8 aromatic carbocycles. The summed E-state index contributed by atoms with van der Waals surface area (Å²) in [5.74, 6) is 0. The first-order valence-corrected chi connectivity index (χ1v) is 16.8. The van der Waals surface area contributed by atoms with E-state index in [1.807, 2.05) is 11.3 Å². The van der Waals surface area contributed by atoms with Crippen LogP contribution in [0.1, 0.15) is 0 Å². The van der Waals surface area contributed by atoms with E-state index >= 15 is 0 Å². The maximum absolute atomic E-state index is 3.65. The van der Waals surface area contributed by atoms with Crippen LogP contribution in [0.15, 0.2) is 176 Å². The summed E-state index contributed by atoms with van der Waals surface area (Å²) in [5.41, 5.74) is 7.94. The van der Waals surface area contributed by atoms with Crippen LogP contribution >= 0.6 is 11.3 Å². The Morgan fingerprint density at radius 3 is 1.51 bits per heavy atom. The lowest BCUT2D eigenvalue weighted by molar-refractivity contribution is 1.28. The van der Waals surface area contributed by atoms with E-state index in [0.717, 1.165) is 28.4 Å². The molecule has 9 rings (SSSR count). The summed E-state index contributed by atoms with van der Waals surface area (Å²) >= 11 is 1.89. The molecule has 47 heavy (non-hydrogen) atoms. The van der Waals surface area contributed by atoms with Gasteiger partial charge in [0.1, 0.15) is 0 Å². The van der Waals surface area contributed by atoms with Crippen LogP contribution in [0.2, 0.25) is 0 Å². The zero-order chi connectivity index (χ0) is 31.2. The van der Waals surface area contributed by atoms with E-state index in [1.165, 1.54) is 52.8 Å². The average Bonchev–Trinajstić information content (AvgIpc) is 3.53. The molecule has 1 heterocycles. The second-order valence-corrected chi connectivity index (χ2v) is 12.9. The molecule has 1 N–H and O–H groups in total. The zero-order valence-corrected chi connectivity index (χ0v) is 26.4. The molecule has 0 amide bonds. The van der Waals surface area contributed by atoms with E-state index < -0.39 is 0 Å². The summed E-state index contributed by atoms with van der Waals surface area (Å²) < 4.78 is 2.65. The van der Waals surface area contributed by atoms with E-state index in [-0.39, 0.29) is 0 Å². The highest BCUT2D eigenvalue weighted by molar-refractivity contribution is 7.27. The van der Waals surface area contributed by atoms with Crippen LogP contribution in [-0.4, -0.2) is 0 Å². The van der Waals surface area contributed by atoms with Crippen molar-refractivity contribution in [3.05, 3.63) is 176 Å². The standard InChI is InChI=1S/C44H30N2S/c1-3-11-34(12-4-1)46(35-13-5-2-6-14-35)36-26-21-31(22-27-36)30-19-23-32(24-20-30)45-33-25-28-41-42(29-33)47-44-40-18-10-8-16-38(40)37-15-7-9-17-39(37)43(41)44/h1-29,45H. The molecule has 2 nitrogen and oxygen atoms in total. The number of nitrogens with zero attached hydrogens (tertiary/aromatic N) is 1. The first kappa shape index (κ1) is 27.4. The fraction of sp³-hybridized carbons (Fsp3) is 0. The lowest BCUT2D eigenvalue weighted by Gasteiger charge is -2.25. The third-order valence-electron chi connectivity index (χ3n) is 9.01. The summed E-state index contributed by atoms with van der Waals surface area (Å²) in [5, 5.41) is 11.6. The summed E-state index contributed by atoms with van der Waals surface area (Å²) in [7, 11) is 0. The van der Waals surface area contributed by atoms with Crippen molar-refractivity contribution in [2.24, 2.45) is 0 Å². The molecule has 0 saturated carbocycles. The molecule has 0 saturated heterocycles. The first-order chi connectivity index (χ1) is 23.3. The van der Waals surface area contributed by atoms with Gasteiger partial charge in [0.05, 0.1) is 0 Å². The number of anilines is 5. The van der Waals surface area contributed by atoms with Crippen molar-refractivity contribution in [3.63, 3.8) is 0 Å². The van der Waals surface area contributed by atoms with E-state index in [9.17, 15) is 0 Å². The molecule has 1 aromatic heterocycles. The van der Waals surface area contributed by atoms with Crippen molar-refractivity contribution in [3.8, 4) is 11.1 Å². The second-order valence-electron chi connectivity index (χ2n) is 11.9. The molecule has 0 aliphatic heterocycles. The number of rotatable bonds is 6. The number of hydrogen-bond acceptors (Lipinski definition) is 3. The van der Waals surface area contributed by atoms with Crippen LogP contribution in [0.25, 0.3) is 52.8 Å². The minimum atomic E-state index is 1.07. The Hall–Kier alpha value is -5.90. The van der Waals surface area contributed by atoms with Gasteiger partial charge in [0.25, 0.3) is 0 Å². The van der Waals surface area contributed by atoms with Gasteiger partial charge < -0.3 is 10.2 Å². The van der Waals surface area contributed by atoms with Crippen molar-refractivity contribution in [1.82, 2.24) is 0 Å². The predicted octanol–water partition coefficient (Wildman–Crippen LogP) is 13.2. The van der Waals surface area contributed by atoms with Gasteiger partial charge in [-0.05, 0) is 87.9 Å². The van der Waals surface area contributed by atoms with Gasteiger partial charge in [-0.3, -0.25) is 0 Å². The van der Waals surface area contributed by atoms with E-state index in [2.05, 4.69) is 186 Å². The van der Waals surface area contributed by atoms with Crippen molar-refractivity contribution >= 4 is 81.5 Å². The van der Waals surface area contributed by atoms with Crippen molar-refractivity contribution < 1.29 is 0 Å². The van der Waals surface area contributed by atoms with Gasteiger partial charge in [0, 0.05) is 54.0 Å². The van der Waals surface area contributed by atoms with Gasteiger partial charge in [-0.15, -0.1) is 11.3 Å². The Balaban J connectivity index is 1.00. The minimum absolute atomic E-state index is 1.07. The summed E-state index contributed by atoms with van der Waals surface area (Å²) in [6, 6.07) is 63.0. The third kappa shape index (κ3) is 4.89. The third-order valence-corrected chi connectivity index (χ3v) is 10.2. The number of thiophene rings is 1. The van der Waals surface area contributed by atoms with Crippen LogP contribution in [0.5, 0.6) is 0 Å². The average molecular weight is 619 g/mol. The maximum atomic E-state index is 3.65. The summed E-state index contributed by atoms with van der Waals surface area (Å²) in [4.78, 5) is 2.29. The molecule has 0 radical (unpaired) electrons. The Bertz CT molecular complexity index is 2480. The molecule has 0 spiro atoms. The van der Waals surface area contributed by atoms with Crippen LogP contribution in [0.3, 0.4) is 0 Å². The van der Waals surface area contributed by atoms with E-state index in [1.54, 1.807) is 0 Å². The van der Waals surface area contributed by atoms with Gasteiger partial charge in [-0.1, -0.05) is 115 Å². The molecule has 222 valence electrons. The molecule has 0 atom stereocenters. The molecule has 0 aliphatic rings. The summed E-state index contributed by atoms with van der Waals surface area (Å²) in [6.07, 6.45) is 0. The van der Waals surface area contributed by atoms with Gasteiger partial charge in [-0.25, -0.2) is 0 Å². The summed E-state index contributed by atoms with van der Waals surface area (Å²) in [6.45, 7) is 0. The number of benzene rings is 8. The van der Waals surface area contributed by atoms with Crippen LogP contribution in [-0.2, 0) is 0 Å². The van der Waals surface area contributed by atoms with Gasteiger partial charge in [0.2, 0.25) is 0 Å². The number of hydrogen-bond donors (Lipinski definition) is 1. The highest BCUT2D eigenvalue weighted by atomic mass is 32.1. The van der Waals surface area contributed by atoms with Crippen LogP contribution in [0, 0.1) is 0 Å². The minimum Gasteiger partial charge on any atom is -0.355 e.